The number of rotatable bonds is 23. The van der Waals surface area contributed by atoms with E-state index < -0.39 is 38.8 Å². The first-order valence-corrected chi connectivity index (χ1v) is 32.9. The van der Waals surface area contributed by atoms with Crippen molar-refractivity contribution in [1.82, 2.24) is 79.0 Å². The highest BCUT2D eigenvalue weighted by molar-refractivity contribution is 9.11. The summed E-state index contributed by atoms with van der Waals surface area (Å²) in [5.41, 5.74) is 7.63. The van der Waals surface area contributed by atoms with Crippen molar-refractivity contribution in [2.45, 2.75) is 54.4 Å². The van der Waals surface area contributed by atoms with Crippen LogP contribution in [0.2, 0.25) is 0 Å². The lowest BCUT2D eigenvalue weighted by atomic mass is 10.2. The van der Waals surface area contributed by atoms with E-state index in [1.807, 2.05) is 47.6 Å². The highest BCUT2D eigenvalue weighted by Crippen LogP contribution is 2.36. The Morgan fingerprint density at radius 1 is 0.538 bits per heavy atom. The van der Waals surface area contributed by atoms with Crippen LogP contribution in [0.15, 0.2) is 46.4 Å². The van der Waals surface area contributed by atoms with Gasteiger partial charge in [0.05, 0.1) is 104 Å². The number of aliphatic hydroxyl groups excluding tert-OH is 5. The zero-order chi connectivity index (χ0) is 68.2. The maximum Gasteiger partial charge on any atom is 0.281 e. The van der Waals surface area contributed by atoms with Crippen molar-refractivity contribution in [3.05, 3.63) is 118 Å². The van der Waals surface area contributed by atoms with Crippen molar-refractivity contribution in [3.63, 3.8) is 0 Å². The van der Waals surface area contributed by atoms with Crippen LogP contribution in [-0.4, -0.2) is 186 Å². The number of ketones is 5. The van der Waals surface area contributed by atoms with Crippen LogP contribution in [0.4, 0.5) is 5.82 Å². The fourth-order valence-electron chi connectivity index (χ4n) is 8.41. The summed E-state index contributed by atoms with van der Waals surface area (Å²) in [7, 11) is 8.30. The highest BCUT2D eigenvalue weighted by atomic mass is 79.9. The molecule has 0 aromatic carbocycles. The van der Waals surface area contributed by atoms with Gasteiger partial charge in [-0.25, -0.2) is 15.0 Å². The van der Waals surface area contributed by atoms with Crippen LogP contribution in [0.3, 0.4) is 0 Å². The topological polar surface area (TPSA) is 376 Å². The molecule has 0 atom stereocenters. The Labute approximate surface area is 561 Å². The Bertz CT molecular complexity index is 4270. The van der Waals surface area contributed by atoms with Gasteiger partial charge in [-0.2, -0.15) is 25.5 Å². The van der Waals surface area contributed by atoms with Crippen molar-refractivity contribution in [2.75, 3.05) is 52.9 Å². The molecule has 0 aliphatic heterocycles. The van der Waals surface area contributed by atoms with Gasteiger partial charge in [-0.05, 0) is 63.0 Å². The molecule has 0 spiro atoms. The lowest BCUT2D eigenvalue weighted by Gasteiger charge is -2.00. The quantitative estimate of drug-likeness (QED) is 0.0180. The molecule has 35 heteroatoms. The number of ether oxygens (including phenoxy) is 2. The van der Waals surface area contributed by atoms with Gasteiger partial charge in [0.25, 0.3) is 5.82 Å². The minimum absolute atomic E-state index is 0.288. The summed E-state index contributed by atoms with van der Waals surface area (Å²) in [6, 6.07) is 0. The molecule has 29 nitrogen and oxygen atoms in total. The van der Waals surface area contributed by atoms with Crippen molar-refractivity contribution in [2.24, 2.45) is 35.2 Å². The predicted molar refractivity (Wildman–Crippen MR) is 355 cm³/mol. The van der Waals surface area contributed by atoms with Gasteiger partial charge in [0.2, 0.25) is 33.9 Å². The van der Waals surface area contributed by atoms with E-state index in [1.54, 1.807) is 83.0 Å². The van der Waals surface area contributed by atoms with Crippen LogP contribution in [0.5, 0.6) is 0 Å². The van der Waals surface area contributed by atoms with Crippen LogP contribution in [0, 0.1) is 27.3 Å². The number of aryl methyl sites for hydroxylation is 9. The Balaban J connectivity index is 0.000000185. The number of thiazole rings is 4. The Morgan fingerprint density at radius 2 is 0.946 bits per heavy atom. The molecule has 0 saturated heterocycles. The number of carbonyl (C=O) groups is 5. The van der Waals surface area contributed by atoms with E-state index >= 15 is 0 Å². The van der Waals surface area contributed by atoms with E-state index in [-0.39, 0.29) is 29.0 Å². The first kappa shape index (κ1) is 73.8. The lowest BCUT2D eigenvalue weighted by molar-refractivity contribution is 0.0889. The van der Waals surface area contributed by atoms with Crippen LogP contribution in [0.1, 0.15) is 105 Å². The number of hydrogen-bond donors (Lipinski definition) is 5. The molecule has 0 amide bonds. The van der Waals surface area contributed by atoms with E-state index in [4.69, 9.17) is 41.6 Å². The van der Waals surface area contributed by atoms with E-state index in [1.165, 1.54) is 75.0 Å². The van der Waals surface area contributed by atoms with Crippen LogP contribution in [-0.2, 0) is 57.6 Å². The number of halogens is 1. The second-order valence-corrected chi connectivity index (χ2v) is 25.5. The smallest absolute Gasteiger partial charge is 0.281 e. The van der Waals surface area contributed by atoms with E-state index in [0.29, 0.717) is 91.1 Å². The predicted octanol–water partition coefficient (Wildman–Crippen LogP) is 7.38. The number of aliphatic hydroxyl groups is 5. The molecule has 0 fully saturated rings. The lowest BCUT2D eigenvalue weighted by Crippen LogP contribution is -2.11. The molecule has 0 aliphatic carbocycles. The molecule has 10 heterocycles. The van der Waals surface area contributed by atoms with Crippen LogP contribution < -0.4 is 0 Å². The third-order valence-corrected chi connectivity index (χ3v) is 19.3. The SMILES string of the molecule is CCO/C=C/c1sc(-c2cnn(C)c2C(=O)CO)nc1C.CCOCCc1sc(-c2cnn(C)c2C(=O)CO)nc1C.CCc1nnc(-c2cnn(C)c2C(=O)CO)s1.Cc1nc(-c2cnn(C)c2C(=O)CO)sc1Br.[C-]#[N+]c1csc(-c2cnn(C)c2C(=O)CO)n1. The van der Waals surface area contributed by atoms with Gasteiger partial charge in [0, 0.05) is 58.5 Å². The molecule has 10 aromatic rings. The second kappa shape index (κ2) is 35.1. The van der Waals surface area contributed by atoms with Crippen molar-refractivity contribution in [1.29, 1.82) is 0 Å². The summed E-state index contributed by atoms with van der Waals surface area (Å²) in [4.78, 5) is 81.2. The van der Waals surface area contributed by atoms with Gasteiger partial charge < -0.3 is 39.9 Å². The third-order valence-electron chi connectivity index (χ3n) is 12.9. The number of Topliss-reactive ketones (excluding diaryl/α,β-unsaturated/α-hetero) is 5. The number of aromatic nitrogens is 16. The Kier molecular flexibility index (Phi) is 27.9. The second-order valence-electron chi connectivity index (χ2n) is 19.1. The van der Waals surface area contributed by atoms with E-state index in [0.717, 1.165) is 58.5 Å². The molecule has 5 N–H and O–H groups in total. The molecular weight excluding hydrogens is 1370 g/mol. The monoisotopic (exact) mass is 1430 g/mol. The summed E-state index contributed by atoms with van der Waals surface area (Å²) >= 11 is 10.5. The molecule has 0 saturated carbocycles. The van der Waals surface area contributed by atoms with Gasteiger partial charge in [0.15, 0.2) is 5.01 Å². The first-order chi connectivity index (χ1) is 44.5. The Hall–Kier alpha value is -8.25. The van der Waals surface area contributed by atoms with Crippen molar-refractivity contribution in [3.8, 4) is 52.9 Å². The fourth-order valence-corrected chi connectivity index (χ4v) is 13.3. The molecule has 93 heavy (non-hydrogen) atoms. The van der Waals surface area contributed by atoms with Crippen LogP contribution >= 0.6 is 72.6 Å². The minimum atomic E-state index is -0.576. The van der Waals surface area contributed by atoms with Gasteiger partial charge in [-0.1, -0.05) is 24.8 Å². The summed E-state index contributed by atoms with van der Waals surface area (Å²) in [6.45, 7) is 17.7. The maximum absolute atomic E-state index is 11.8. The summed E-state index contributed by atoms with van der Waals surface area (Å²) in [5, 5.41) is 79.1. The molecule has 10 aromatic heterocycles. The van der Waals surface area contributed by atoms with Gasteiger partial charge >= 0.3 is 0 Å². The zero-order valence-corrected chi connectivity index (χ0v) is 58.0. The number of carbonyl (C=O) groups excluding carboxylic acids is 5. The van der Waals surface area contributed by atoms with E-state index in [2.05, 4.69) is 76.4 Å². The highest BCUT2D eigenvalue weighted by Gasteiger charge is 2.26. The standard InChI is InChI=1S/C14H19N3O3S.C14H17N3O3S.C10H10BrN3O2S.C10H8N4O2S.C10H12N4O2S/c2*1-4-20-6-5-12-9(2)16-14(21-12)10-7-15-17(3)13(10)11(19)8-18;1-5-9(11)17-10(13-5)6-3-12-14(2)8(6)7(16)4-15;1-11-8-5-17-10(13-8)6-3-12-14(2)9(6)7(16)4-15;1-3-8-12-13-10(17-8)6-4-11-14(2)9(6)7(16)5-15/h7,18H,4-6,8H2,1-3H3;5-7,18H,4,8H2,1-3H3;3,15H,4H2,1-2H3;3,5,15H,4H2,2H3;4,15H,3,5H2,1-2H3/b;6-5+;;;. The van der Waals surface area contributed by atoms with Gasteiger partial charge in [-0.3, -0.25) is 47.4 Å². The molecule has 0 radical (unpaired) electrons. The number of nitrogens with zero attached hydrogens (tertiary/aromatic N) is 17. The summed E-state index contributed by atoms with van der Waals surface area (Å²) < 4.78 is 18.7. The average molecular weight is 1430 g/mol. The zero-order valence-electron chi connectivity index (χ0n) is 52.3. The molecule has 492 valence electrons. The van der Waals surface area contributed by atoms with E-state index in [9.17, 15) is 24.0 Å². The van der Waals surface area contributed by atoms with Gasteiger partial charge in [-0.15, -0.1) is 60.5 Å². The molecule has 10 rings (SSSR count). The van der Waals surface area contributed by atoms with Gasteiger partial charge in [0.1, 0.15) is 81.5 Å². The molecule has 0 unspecified atom stereocenters. The molecule has 0 aliphatic rings. The van der Waals surface area contributed by atoms with Crippen LogP contribution in [0.25, 0.3) is 63.8 Å². The average Bonchev–Trinajstić information content (AvgIpc) is 1.72. The maximum atomic E-state index is 11.8. The largest absolute Gasteiger partial charge is 0.501 e. The Morgan fingerprint density at radius 3 is 1.32 bits per heavy atom. The normalized spacial score (nSPS) is 10.8. The molecular formula is C58H66BrN17O12S5. The van der Waals surface area contributed by atoms with Crippen molar-refractivity contribution < 1.29 is 59.0 Å². The fraction of sp³-hybridized carbons (Fsp3) is 0.362. The van der Waals surface area contributed by atoms with Crippen molar-refractivity contribution >= 4 is 113 Å². The number of hydrogen-bond acceptors (Lipinski definition) is 28. The minimum Gasteiger partial charge on any atom is -0.501 e. The first-order valence-electron chi connectivity index (χ1n) is 27.9. The molecule has 0 bridgehead atoms. The summed E-state index contributed by atoms with van der Waals surface area (Å²) in [5.74, 6) is -1.58. The third kappa shape index (κ3) is 18.3. The summed E-state index contributed by atoms with van der Waals surface area (Å²) in [6.07, 6.45) is 13.0.